The Balaban J connectivity index is 3.22. The maximum Gasteiger partial charge on any atom is 0.489 e. The van der Waals surface area contributed by atoms with Crippen molar-refractivity contribution in [1.82, 2.24) is 4.57 Å². The smallest absolute Gasteiger partial charge is 0.296 e. The number of carbonyl (C=O) groups excluding carboxylic acids is 1. The van der Waals surface area contributed by atoms with Crippen LogP contribution < -0.4 is 0 Å². The molecule has 1 aromatic rings. The highest BCUT2D eigenvalue weighted by Crippen LogP contribution is 2.27. The van der Waals surface area contributed by atoms with Gasteiger partial charge in [-0.05, 0) is 22.0 Å². The fraction of sp³-hybridized carbons (Fsp3) is 0.167. The van der Waals surface area contributed by atoms with Crippen LogP contribution in [0.3, 0.4) is 0 Å². The van der Waals surface area contributed by atoms with Gasteiger partial charge in [-0.3, -0.25) is 9.36 Å². The van der Waals surface area contributed by atoms with Gasteiger partial charge in [0.25, 0.3) is 0 Å². The SMILES string of the molecule is O=Cc1cc(Br)cn1C(F)(F)F. The average molecular weight is 242 g/mol. The Kier molecular flexibility index (Phi) is 2.27. The van der Waals surface area contributed by atoms with Gasteiger partial charge < -0.3 is 0 Å². The molecule has 66 valence electrons. The van der Waals surface area contributed by atoms with Crippen molar-refractivity contribution in [3.05, 3.63) is 22.4 Å². The molecule has 0 unspecified atom stereocenters. The molecule has 2 nitrogen and oxygen atoms in total. The molecule has 0 N–H and O–H groups in total. The van der Waals surface area contributed by atoms with Crippen LogP contribution in [0, 0.1) is 0 Å². The zero-order valence-electron chi connectivity index (χ0n) is 5.60. The van der Waals surface area contributed by atoms with Crippen LogP contribution in [0.4, 0.5) is 13.2 Å². The van der Waals surface area contributed by atoms with Gasteiger partial charge in [-0.25, -0.2) is 0 Å². The van der Waals surface area contributed by atoms with Crippen LogP contribution in [-0.4, -0.2) is 10.9 Å². The van der Waals surface area contributed by atoms with Gasteiger partial charge in [-0.2, -0.15) is 0 Å². The molecular weight excluding hydrogens is 239 g/mol. The summed E-state index contributed by atoms with van der Waals surface area (Å²) in [5, 5.41) is 0. The number of aldehydes is 1. The summed E-state index contributed by atoms with van der Waals surface area (Å²) in [6.45, 7) is 0. The summed E-state index contributed by atoms with van der Waals surface area (Å²) in [5.74, 6) is 0. The van der Waals surface area contributed by atoms with E-state index in [-0.39, 0.29) is 15.3 Å². The first kappa shape index (κ1) is 9.31. The Morgan fingerprint density at radius 1 is 1.50 bits per heavy atom. The third-order valence-electron chi connectivity index (χ3n) is 1.21. The molecule has 0 aliphatic heterocycles. The van der Waals surface area contributed by atoms with E-state index < -0.39 is 12.0 Å². The van der Waals surface area contributed by atoms with Gasteiger partial charge >= 0.3 is 6.30 Å². The van der Waals surface area contributed by atoms with Crippen LogP contribution in [0.15, 0.2) is 16.7 Å². The molecular formula is C6H3BrF3NO. The average Bonchev–Trinajstić information content (AvgIpc) is 2.29. The summed E-state index contributed by atoms with van der Waals surface area (Å²) in [4.78, 5) is 10.1. The van der Waals surface area contributed by atoms with Gasteiger partial charge in [0.1, 0.15) is 0 Å². The zero-order valence-corrected chi connectivity index (χ0v) is 7.19. The molecule has 1 aromatic heterocycles. The second kappa shape index (κ2) is 2.93. The van der Waals surface area contributed by atoms with E-state index in [1.54, 1.807) is 0 Å². The quantitative estimate of drug-likeness (QED) is 0.693. The van der Waals surface area contributed by atoms with Crippen LogP contribution in [0.2, 0.25) is 0 Å². The van der Waals surface area contributed by atoms with E-state index in [0.29, 0.717) is 0 Å². The largest absolute Gasteiger partial charge is 0.489 e. The van der Waals surface area contributed by atoms with Crippen molar-refractivity contribution in [2.45, 2.75) is 6.30 Å². The summed E-state index contributed by atoms with van der Waals surface area (Å²) >= 11 is 2.84. The topological polar surface area (TPSA) is 22.0 Å². The van der Waals surface area contributed by atoms with Crippen molar-refractivity contribution in [2.24, 2.45) is 0 Å². The first-order valence-corrected chi connectivity index (χ1v) is 3.64. The second-order valence-corrected chi connectivity index (χ2v) is 2.95. The predicted molar refractivity (Wildman–Crippen MR) is 38.8 cm³/mol. The van der Waals surface area contributed by atoms with Crippen LogP contribution in [-0.2, 0) is 6.30 Å². The highest BCUT2D eigenvalue weighted by Gasteiger charge is 2.32. The lowest BCUT2D eigenvalue weighted by Crippen LogP contribution is -2.17. The summed E-state index contributed by atoms with van der Waals surface area (Å²) in [5.41, 5.74) is -0.422. The number of alkyl halides is 3. The molecule has 0 aromatic carbocycles. The molecule has 0 aliphatic carbocycles. The van der Waals surface area contributed by atoms with Crippen LogP contribution in [0.1, 0.15) is 10.5 Å². The Bertz CT molecular complexity index is 304. The number of carbonyl (C=O) groups is 1. The lowest BCUT2D eigenvalue weighted by atomic mass is 10.5. The van der Waals surface area contributed by atoms with Crippen LogP contribution in [0.5, 0.6) is 0 Å². The molecule has 0 saturated carbocycles. The van der Waals surface area contributed by atoms with E-state index in [4.69, 9.17) is 0 Å². The third-order valence-corrected chi connectivity index (χ3v) is 1.64. The lowest BCUT2D eigenvalue weighted by molar-refractivity contribution is -0.204. The molecule has 0 saturated heterocycles. The maximum absolute atomic E-state index is 12.0. The van der Waals surface area contributed by atoms with Gasteiger partial charge in [0.15, 0.2) is 6.29 Å². The Labute approximate surface area is 74.1 Å². The normalized spacial score (nSPS) is 11.7. The predicted octanol–water partition coefficient (Wildman–Crippen LogP) is 2.54. The van der Waals surface area contributed by atoms with E-state index in [1.165, 1.54) is 0 Å². The Morgan fingerprint density at radius 2 is 2.08 bits per heavy atom. The fourth-order valence-electron chi connectivity index (χ4n) is 0.756. The monoisotopic (exact) mass is 241 g/mol. The molecule has 0 amide bonds. The first-order valence-electron chi connectivity index (χ1n) is 2.85. The van der Waals surface area contributed by atoms with Crippen molar-refractivity contribution in [3.8, 4) is 0 Å². The third kappa shape index (κ3) is 1.69. The number of halogens is 4. The van der Waals surface area contributed by atoms with Crippen LogP contribution >= 0.6 is 15.9 Å². The lowest BCUT2D eigenvalue weighted by Gasteiger charge is -2.08. The summed E-state index contributed by atoms with van der Waals surface area (Å²) in [7, 11) is 0. The van der Waals surface area contributed by atoms with E-state index in [2.05, 4.69) is 15.9 Å². The number of nitrogens with zero attached hydrogens (tertiary/aromatic N) is 1. The van der Waals surface area contributed by atoms with E-state index >= 15 is 0 Å². The minimum atomic E-state index is -4.54. The van der Waals surface area contributed by atoms with Crippen molar-refractivity contribution in [1.29, 1.82) is 0 Å². The summed E-state index contributed by atoms with van der Waals surface area (Å²) in [6.07, 6.45) is -3.59. The summed E-state index contributed by atoms with van der Waals surface area (Å²) in [6, 6.07) is 1.10. The Hall–Kier alpha value is -0.780. The fourth-order valence-corrected chi connectivity index (χ4v) is 1.20. The number of hydrogen-bond donors (Lipinski definition) is 0. The minimum Gasteiger partial charge on any atom is -0.296 e. The highest BCUT2D eigenvalue weighted by molar-refractivity contribution is 9.10. The molecule has 1 rings (SSSR count). The molecule has 0 fully saturated rings. The van der Waals surface area contributed by atoms with Crippen LogP contribution in [0.25, 0.3) is 0 Å². The second-order valence-electron chi connectivity index (χ2n) is 2.04. The molecule has 1 heterocycles. The summed E-state index contributed by atoms with van der Waals surface area (Å²) < 4.78 is 36.3. The van der Waals surface area contributed by atoms with E-state index in [0.717, 1.165) is 12.3 Å². The minimum absolute atomic E-state index is 0.0515. The van der Waals surface area contributed by atoms with Gasteiger partial charge in [-0.1, -0.05) is 0 Å². The van der Waals surface area contributed by atoms with Gasteiger partial charge in [0.2, 0.25) is 0 Å². The molecule has 0 bridgehead atoms. The molecule has 0 aliphatic rings. The first-order chi connectivity index (χ1) is 5.45. The number of rotatable bonds is 1. The standard InChI is InChI=1S/C6H3BrF3NO/c7-4-1-5(3-12)11(2-4)6(8,9)10/h1-3H. The van der Waals surface area contributed by atoms with Gasteiger partial charge in [0.05, 0.1) is 5.69 Å². The highest BCUT2D eigenvalue weighted by atomic mass is 79.9. The molecule has 12 heavy (non-hydrogen) atoms. The number of hydrogen-bond acceptors (Lipinski definition) is 1. The van der Waals surface area contributed by atoms with E-state index in [1.807, 2.05) is 0 Å². The maximum atomic E-state index is 12.0. The van der Waals surface area contributed by atoms with Crippen molar-refractivity contribution in [3.63, 3.8) is 0 Å². The number of aromatic nitrogens is 1. The Morgan fingerprint density at radius 3 is 2.42 bits per heavy atom. The molecule has 0 atom stereocenters. The molecule has 0 spiro atoms. The van der Waals surface area contributed by atoms with Crippen molar-refractivity contribution < 1.29 is 18.0 Å². The molecule has 6 heteroatoms. The molecule has 0 radical (unpaired) electrons. The van der Waals surface area contributed by atoms with Gasteiger partial charge in [0, 0.05) is 10.7 Å². The van der Waals surface area contributed by atoms with Crippen molar-refractivity contribution in [2.75, 3.05) is 0 Å². The zero-order chi connectivity index (χ0) is 9.35. The van der Waals surface area contributed by atoms with Gasteiger partial charge in [-0.15, -0.1) is 13.2 Å². The van der Waals surface area contributed by atoms with E-state index in [9.17, 15) is 18.0 Å². The van der Waals surface area contributed by atoms with Crippen molar-refractivity contribution >= 4 is 22.2 Å².